The fraction of sp³-hybridized carbons (Fsp3) is 0.625. The molecule has 2 aromatic carbocycles. The lowest BCUT2D eigenvalue weighted by molar-refractivity contribution is -0.429. The quantitative estimate of drug-likeness (QED) is 0.205. The van der Waals surface area contributed by atoms with E-state index in [0.29, 0.717) is 0 Å². The maximum atomic E-state index is 15.4. The van der Waals surface area contributed by atoms with Crippen LogP contribution in [0, 0.1) is 0 Å². The molecule has 2 rings (SSSR count). The number of halogens is 12. The molecule has 0 aromatic heterocycles. The van der Waals surface area contributed by atoms with E-state index in [4.69, 9.17) is 11.5 Å². The van der Waals surface area contributed by atoms with Gasteiger partial charge in [-0.25, -0.2) is 0 Å². The van der Waals surface area contributed by atoms with Crippen LogP contribution >= 0.6 is 0 Å². The molecule has 2 nitrogen and oxygen atoms in total. The minimum atomic E-state index is -7.74. The maximum Gasteiger partial charge on any atom is 0.385 e. The van der Waals surface area contributed by atoms with Gasteiger partial charge in [-0.1, -0.05) is 69.2 Å². The van der Waals surface area contributed by atoms with Crippen LogP contribution in [-0.4, -0.2) is 23.7 Å². The molecule has 0 saturated heterocycles. The van der Waals surface area contributed by atoms with Crippen molar-refractivity contribution in [3.05, 3.63) is 57.6 Å². The second-order valence-corrected chi connectivity index (χ2v) is 14.3. The van der Waals surface area contributed by atoms with Crippen LogP contribution in [0.4, 0.5) is 64.1 Å². The van der Waals surface area contributed by atoms with Gasteiger partial charge in [0.25, 0.3) is 0 Å². The van der Waals surface area contributed by atoms with Gasteiger partial charge in [-0.15, -0.1) is 0 Å². The SMILES string of the molecule is CC(C)c1cc(C(F)(F)C(F)(F)C(F)(F)C(F)(F)C(F)(F)C(F)(F)c2cc(C(C)C)c(N)c(C(C)(C)C)c2)cc(C(C)(C)C)c1N. The number of nitrogens with two attached hydrogens (primary N) is 2. The van der Waals surface area contributed by atoms with Crippen molar-refractivity contribution in [2.45, 2.75) is 127 Å². The van der Waals surface area contributed by atoms with Crippen molar-refractivity contribution < 1.29 is 52.7 Å². The molecule has 0 fully saturated rings. The molecule has 0 radical (unpaired) electrons. The molecule has 0 aliphatic rings. The van der Waals surface area contributed by atoms with E-state index in [2.05, 4.69) is 0 Å². The van der Waals surface area contributed by atoms with Gasteiger partial charge >= 0.3 is 35.5 Å². The smallest absolute Gasteiger partial charge is 0.385 e. The van der Waals surface area contributed by atoms with Crippen molar-refractivity contribution in [1.29, 1.82) is 0 Å². The molecule has 46 heavy (non-hydrogen) atoms. The summed E-state index contributed by atoms with van der Waals surface area (Å²) in [5.41, 5.74) is 4.41. The van der Waals surface area contributed by atoms with Crippen molar-refractivity contribution in [2.24, 2.45) is 0 Å². The average molecular weight is 681 g/mol. The summed E-state index contributed by atoms with van der Waals surface area (Å²) < 4.78 is 183. The molecule has 4 N–H and O–H groups in total. The zero-order valence-corrected chi connectivity index (χ0v) is 27.2. The highest BCUT2D eigenvalue weighted by atomic mass is 19.4. The van der Waals surface area contributed by atoms with Crippen LogP contribution in [0.2, 0.25) is 0 Å². The summed E-state index contributed by atoms with van der Waals surface area (Å²) in [6, 6.07) is 1.12. The molecule has 262 valence electrons. The first-order valence-electron chi connectivity index (χ1n) is 14.3. The lowest BCUT2D eigenvalue weighted by Gasteiger charge is -2.42. The Kier molecular flexibility index (Phi) is 9.78. The minimum absolute atomic E-state index is 0.174. The van der Waals surface area contributed by atoms with E-state index in [1.165, 1.54) is 69.2 Å². The molecule has 0 bridgehead atoms. The topological polar surface area (TPSA) is 52.0 Å². The molecular weight excluding hydrogens is 640 g/mol. The second kappa shape index (κ2) is 11.4. The summed E-state index contributed by atoms with van der Waals surface area (Å²) in [5.74, 6) is -44.2. The average Bonchev–Trinajstić information content (AvgIpc) is 2.86. The predicted molar refractivity (Wildman–Crippen MR) is 155 cm³/mol. The van der Waals surface area contributed by atoms with Crippen LogP contribution < -0.4 is 11.5 Å². The van der Waals surface area contributed by atoms with Crippen molar-refractivity contribution in [1.82, 2.24) is 0 Å². The van der Waals surface area contributed by atoms with Gasteiger partial charge < -0.3 is 11.5 Å². The molecule has 2 aromatic rings. The van der Waals surface area contributed by atoms with Crippen molar-refractivity contribution in [2.75, 3.05) is 11.5 Å². The molecule has 0 unspecified atom stereocenters. The number of benzene rings is 2. The summed E-state index contributed by atoms with van der Waals surface area (Å²) in [6.45, 7) is 14.0. The number of rotatable bonds is 9. The normalized spacial score (nSPS) is 14.9. The van der Waals surface area contributed by atoms with Crippen molar-refractivity contribution in [3.63, 3.8) is 0 Å². The summed E-state index contributed by atoms with van der Waals surface area (Å²) in [5, 5.41) is 0. The van der Waals surface area contributed by atoms with E-state index in [0.717, 1.165) is 0 Å². The van der Waals surface area contributed by atoms with Crippen LogP contribution in [0.5, 0.6) is 0 Å². The maximum absolute atomic E-state index is 15.4. The Morgan fingerprint density at radius 3 is 0.870 bits per heavy atom. The molecule has 0 atom stereocenters. The Labute approximate surface area is 260 Å². The van der Waals surface area contributed by atoms with Gasteiger partial charge in [0.05, 0.1) is 0 Å². The van der Waals surface area contributed by atoms with E-state index >= 15 is 52.7 Å². The lowest BCUT2D eigenvalue weighted by Crippen LogP contribution is -2.69. The molecule has 0 heterocycles. The summed E-state index contributed by atoms with van der Waals surface area (Å²) in [4.78, 5) is 0. The minimum Gasteiger partial charge on any atom is -0.398 e. The van der Waals surface area contributed by atoms with E-state index in [1.807, 2.05) is 0 Å². The Balaban J connectivity index is 2.87. The molecule has 0 aliphatic carbocycles. The standard InChI is InChI=1S/C32H40F12N2/c1-15(2)19-11-17(13-21(23(19)45)25(5,6)7)27(33,34)29(37,38)31(41,42)32(43,44)30(39,40)28(35,36)18-12-20(16(3)4)24(46)22(14-18)26(8,9)10/h11-16H,45-46H2,1-10H3. The summed E-state index contributed by atoms with van der Waals surface area (Å²) >= 11 is 0. The van der Waals surface area contributed by atoms with Gasteiger partial charge in [-0.05, 0) is 69.2 Å². The molecule has 0 amide bonds. The Bertz CT molecular complexity index is 1340. The molecule has 0 spiro atoms. The zero-order valence-electron chi connectivity index (χ0n) is 27.2. The summed E-state index contributed by atoms with van der Waals surface area (Å²) in [6.07, 6.45) is 0. The first-order chi connectivity index (χ1) is 20.1. The monoisotopic (exact) mass is 680 g/mol. The molecular formula is C32H40F12N2. The third-order valence-electron chi connectivity index (χ3n) is 7.98. The number of hydrogen-bond acceptors (Lipinski definition) is 2. The highest BCUT2D eigenvalue weighted by Gasteiger charge is 2.90. The predicted octanol–water partition coefficient (Wildman–Crippen LogP) is 11.1. The Hall–Kier alpha value is -2.80. The first kappa shape index (κ1) is 39.4. The fourth-order valence-electron chi connectivity index (χ4n) is 5.06. The van der Waals surface area contributed by atoms with Crippen molar-refractivity contribution >= 4 is 11.4 Å². The van der Waals surface area contributed by atoms with E-state index < -0.39 is 69.3 Å². The highest BCUT2D eigenvalue weighted by molar-refractivity contribution is 5.61. The van der Waals surface area contributed by atoms with Crippen LogP contribution in [-0.2, 0) is 22.7 Å². The van der Waals surface area contributed by atoms with Gasteiger partial charge in [-0.2, -0.15) is 52.7 Å². The van der Waals surface area contributed by atoms with Gasteiger partial charge in [-0.3, -0.25) is 0 Å². The number of hydrogen-bond donors (Lipinski definition) is 2. The number of anilines is 2. The Morgan fingerprint density at radius 1 is 0.435 bits per heavy atom. The van der Waals surface area contributed by atoms with Gasteiger partial charge in [0, 0.05) is 22.5 Å². The summed E-state index contributed by atoms with van der Waals surface area (Å²) in [7, 11) is 0. The van der Waals surface area contributed by atoms with Crippen LogP contribution in [0.25, 0.3) is 0 Å². The van der Waals surface area contributed by atoms with Gasteiger partial charge in [0.15, 0.2) is 0 Å². The van der Waals surface area contributed by atoms with Crippen molar-refractivity contribution in [3.8, 4) is 0 Å². The first-order valence-corrected chi connectivity index (χ1v) is 14.3. The lowest BCUT2D eigenvalue weighted by atomic mass is 9.79. The van der Waals surface area contributed by atoms with Gasteiger partial charge in [0.1, 0.15) is 0 Å². The zero-order chi connectivity index (χ0) is 36.6. The number of nitrogen functional groups attached to an aromatic ring is 2. The molecule has 0 saturated carbocycles. The largest absolute Gasteiger partial charge is 0.398 e. The third kappa shape index (κ3) is 5.90. The second-order valence-electron chi connectivity index (χ2n) is 14.3. The van der Waals surface area contributed by atoms with E-state index in [-0.39, 0.29) is 57.9 Å². The van der Waals surface area contributed by atoms with E-state index in [1.54, 1.807) is 0 Å². The third-order valence-corrected chi connectivity index (χ3v) is 7.98. The van der Waals surface area contributed by atoms with Crippen LogP contribution in [0.3, 0.4) is 0 Å². The fourth-order valence-corrected chi connectivity index (χ4v) is 5.06. The van der Waals surface area contributed by atoms with Gasteiger partial charge in [0.2, 0.25) is 0 Å². The molecule has 14 heteroatoms. The van der Waals surface area contributed by atoms with Crippen LogP contribution in [0.15, 0.2) is 24.3 Å². The van der Waals surface area contributed by atoms with E-state index in [9.17, 15) is 0 Å². The highest BCUT2D eigenvalue weighted by Crippen LogP contribution is 2.64. The van der Waals surface area contributed by atoms with Crippen LogP contribution in [0.1, 0.15) is 114 Å². The Morgan fingerprint density at radius 2 is 0.674 bits per heavy atom. The number of alkyl halides is 12. The molecule has 0 aliphatic heterocycles.